The van der Waals surface area contributed by atoms with E-state index < -0.39 is 0 Å². The van der Waals surface area contributed by atoms with Crippen molar-refractivity contribution >= 4 is 0 Å². The van der Waals surface area contributed by atoms with E-state index in [-0.39, 0.29) is 6.42 Å². The fraction of sp³-hybridized carbons (Fsp3) is 0.600. The first kappa shape index (κ1) is 11.5. The van der Waals surface area contributed by atoms with Gasteiger partial charge < -0.3 is 5.32 Å². The molecular weight excluding hydrogens is 162 g/mol. The lowest BCUT2D eigenvalue weighted by Gasteiger charge is -1.99. The Kier molecular flexibility index (Phi) is 7.63. The summed E-state index contributed by atoms with van der Waals surface area (Å²) < 4.78 is 0. The number of nitriles is 2. The highest BCUT2D eigenvalue weighted by molar-refractivity contribution is 5.23. The van der Waals surface area contributed by atoms with E-state index in [2.05, 4.69) is 12.2 Å². The van der Waals surface area contributed by atoms with Gasteiger partial charge in [-0.05, 0) is 6.42 Å². The second-order valence-corrected chi connectivity index (χ2v) is 2.78. The molecule has 0 aliphatic rings. The molecular formula is C10H15N3. The Morgan fingerprint density at radius 1 is 1.38 bits per heavy atom. The molecule has 3 heteroatoms. The largest absolute Gasteiger partial charge is 0.390 e. The minimum absolute atomic E-state index is 0.192. The summed E-state index contributed by atoms with van der Waals surface area (Å²) in [6.07, 6.45) is 5.32. The van der Waals surface area contributed by atoms with Crippen molar-refractivity contribution in [1.82, 2.24) is 5.32 Å². The molecule has 0 radical (unpaired) electrons. The maximum absolute atomic E-state index is 8.55. The number of rotatable bonds is 6. The molecule has 0 aliphatic heterocycles. The van der Waals surface area contributed by atoms with Crippen molar-refractivity contribution in [2.75, 3.05) is 6.54 Å². The number of hydrogen-bond acceptors (Lipinski definition) is 3. The Hall–Kier alpha value is -1.48. The molecule has 0 aromatic rings. The van der Waals surface area contributed by atoms with Crippen molar-refractivity contribution in [2.24, 2.45) is 0 Å². The smallest absolute Gasteiger partial charge is 0.0973 e. The van der Waals surface area contributed by atoms with Crippen molar-refractivity contribution in [3.8, 4) is 12.1 Å². The van der Waals surface area contributed by atoms with Gasteiger partial charge in [-0.15, -0.1) is 0 Å². The van der Waals surface area contributed by atoms with E-state index in [4.69, 9.17) is 10.5 Å². The summed E-state index contributed by atoms with van der Waals surface area (Å²) in [6, 6.07) is 3.91. The third-order valence-electron chi connectivity index (χ3n) is 1.61. The van der Waals surface area contributed by atoms with E-state index in [1.54, 1.807) is 6.20 Å². The lowest BCUT2D eigenvalue weighted by Crippen LogP contribution is -2.07. The summed E-state index contributed by atoms with van der Waals surface area (Å²) >= 11 is 0. The fourth-order valence-corrected chi connectivity index (χ4v) is 0.880. The average Bonchev–Trinajstić information content (AvgIpc) is 2.16. The number of allylic oxidation sites excluding steroid dienone is 1. The Bertz CT molecular complexity index is 230. The maximum atomic E-state index is 8.55. The zero-order valence-corrected chi connectivity index (χ0v) is 8.01. The summed E-state index contributed by atoms with van der Waals surface area (Å²) in [5.74, 6) is 0. The molecule has 0 unspecified atom stereocenters. The molecule has 3 nitrogen and oxygen atoms in total. The van der Waals surface area contributed by atoms with Gasteiger partial charge in [-0.1, -0.05) is 19.8 Å². The summed E-state index contributed by atoms with van der Waals surface area (Å²) in [5, 5.41) is 19.9. The predicted molar refractivity (Wildman–Crippen MR) is 51.5 cm³/mol. The summed E-state index contributed by atoms with van der Waals surface area (Å²) in [7, 11) is 0. The topological polar surface area (TPSA) is 59.6 Å². The van der Waals surface area contributed by atoms with Crippen LogP contribution >= 0.6 is 0 Å². The van der Waals surface area contributed by atoms with Gasteiger partial charge in [-0.2, -0.15) is 10.5 Å². The normalized spacial score (nSPS) is 10.2. The lowest BCUT2D eigenvalue weighted by molar-refractivity contribution is 0.681. The van der Waals surface area contributed by atoms with E-state index in [1.807, 2.05) is 12.1 Å². The van der Waals surface area contributed by atoms with Gasteiger partial charge in [0.05, 0.1) is 24.1 Å². The van der Waals surface area contributed by atoms with Crippen molar-refractivity contribution in [3.63, 3.8) is 0 Å². The van der Waals surface area contributed by atoms with Gasteiger partial charge in [0.15, 0.2) is 0 Å². The van der Waals surface area contributed by atoms with Crippen LogP contribution in [-0.2, 0) is 0 Å². The van der Waals surface area contributed by atoms with Crippen molar-refractivity contribution < 1.29 is 0 Å². The van der Waals surface area contributed by atoms with Crippen LogP contribution in [0, 0.1) is 22.7 Å². The maximum Gasteiger partial charge on any atom is 0.0973 e. The number of unbranched alkanes of at least 4 members (excludes halogenated alkanes) is 2. The molecule has 0 amide bonds. The van der Waals surface area contributed by atoms with Crippen LogP contribution in [0.4, 0.5) is 0 Å². The fourth-order valence-electron chi connectivity index (χ4n) is 0.880. The first-order valence-corrected chi connectivity index (χ1v) is 4.54. The van der Waals surface area contributed by atoms with Crippen LogP contribution < -0.4 is 5.32 Å². The van der Waals surface area contributed by atoms with Gasteiger partial charge in [-0.3, -0.25) is 0 Å². The first-order chi connectivity index (χ1) is 6.35. The van der Waals surface area contributed by atoms with Gasteiger partial charge >= 0.3 is 0 Å². The van der Waals surface area contributed by atoms with Crippen LogP contribution in [0.3, 0.4) is 0 Å². The molecule has 0 aliphatic carbocycles. The second kappa shape index (κ2) is 8.62. The average molecular weight is 177 g/mol. The van der Waals surface area contributed by atoms with E-state index in [0.29, 0.717) is 5.57 Å². The molecule has 0 heterocycles. The third kappa shape index (κ3) is 6.90. The summed E-state index contributed by atoms with van der Waals surface area (Å²) in [5.41, 5.74) is 0.499. The standard InChI is InChI=1S/C10H15N3/c1-2-3-4-7-13-9-10(8-12)5-6-11/h9,13H,2-5,7H2,1H3. The van der Waals surface area contributed by atoms with Gasteiger partial charge in [0.2, 0.25) is 0 Å². The lowest BCUT2D eigenvalue weighted by atomic mass is 10.2. The van der Waals surface area contributed by atoms with Crippen molar-refractivity contribution in [2.45, 2.75) is 32.6 Å². The van der Waals surface area contributed by atoms with Gasteiger partial charge in [0.1, 0.15) is 0 Å². The van der Waals surface area contributed by atoms with E-state index in [9.17, 15) is 0 Å². The number of hydrogen-bond donors (Lipinski definition) is 1. The molecule has 0 bridgehead atoms. The molecule has 70 valence electrons. The van der Waals surface area contributed by atoms with Crippen LogP contribution in [0.2, 0.25) is 0 Å². The summed E-state index contributed by atoms with van der Waals surface area (Å²) in [4.78, 5) is 0. The highest BCUT2D eigenvalue weighted by Crippen LogP contribution is 1.96. The molecule has 0 saturated heterocycles. The molecule has 0 atom stereocenters. The van der Waals surface area contributed by atoms with Crippen LogP contribution in [-0.4, -0.2) is 6.54 Å². The summed E-state index contributed by atoms with van der Waals surface area (Å²) in [6.45, 7) is 3.02. The van der Waals surface area contributed by atoms with Gasteiger partial charge in [-0.25, -0.2) is 0 Å². The number of nitrogens with zero attached hydrogens (tertiary/aromatic N) is 2. The Morgan fingerprint density at radius 2 is 2.15 bits per heavy atom. The first-order valence-electron chi connectivity index (χ1n) is 4.54. The molecule has 13 heavy (non-hydrogen) atoms. The van der Waals surface area contributed by atoms with Crippen molar-refractivity contribution in [3.05, 3.63) is 11.8 Å². The van der Waals surface area contributed by atoms with E-state index in [1.165, 1.54) is 12.8 Å². The minimum Gasteiger partial charge on any atom is -0.390 e. The second-order valence-electron chi connectivity index (χ2n) is 2.78. The SMILES string of the molecule is CCCCCNC=C(C#N)CC#N. The molecule has 1 N–H and O–H groups in total. The predicted octanol–water partition coefficient (Wildman–Crippen LogP) is 2.09. The monoisotopic (exact) mass is 177 g/mol. The van der Waals surface area contributed by atoms with Crippen LogP contribution in [0.5, 0.6) is 0 Å². The zero-order valence-electron chi connectivity index (χ0n) is 8.01. The van der Waals surface area contributed by atoms with Crippen LogP contribution in [0.25, 0.3) is 0 Å². The van der Waals surface area contributed by atoms with Gasteiger partial charge in [0, 0.05) is 12.7 Å². The van der Waals surface area contributed by atoms with E-state index >= 15 is 0 Å². The molecule has 0 saturated carbocycles. The molecule has 0 aromatic heterocycles. The van der Waals surface area contributed by atoms with Crippen LogP contribution in [0.15, 0.2) is 11.8 Å². The molecule has 0 spiro atoms. The zero-order chi connectivity index (χ0) is 9.94. The molecule has 0 rings (SSSR count). The van der Waals surface area contributed by atoms with E-state index in [0.717, 1.165) is 13.0 Å². The highest BCUT2D eigenvalue weighted by Gasteiger charge is 1.91. The highest BCUT2D eigenvalue weighted by atomic mass is 14.8. The Balaban J connectivity index is 3.58. The Labute approximate surface area is 79.7 Å². The molecule has 0 fully saturated rings. The Morgan fingerprint density at radius 3 is 2.69 bits per heavy atom. The quantitative estimate of drug-likeness (QED) is 0.499. The van der Waals surface area contributed by atoms with Gasteiger partial charge in [0.25, 0.3) is 0 Å². The van der Waals surface area contributed by atoms with Crippen LogP contribution in [0.1, 0.15) is 32.6 Å². The van der Waals surface area contributed by atoms with Crippen molar-refractivity contribution in [1.29, 1.82) is 10.5 Å². The molecule has 0 aromatic carbocycles. The minimum atomic E-state index is 0.192. The number of nitrogens with one attached hydrogen (secondary N) is 1. The third-order valence-corrected chi connectivity index (χ3v) is 1.61.